The quantitative estimate of drug-likeness (QED) is 0.875. The van der Waals surface area contributed by atoms with Crippen molar-refractivity contribution in [2.45, 2.75) is 17.9 Å². The van der Waals surface area contributed by atoms with Gasteiger partial charge >= 0.3 is 0 Å². The predicted octanol–water partition coefficient (Wildman–Crippen LogP) is 0.947. The molecule has 1 aromatic carbocycles. The topological polar surface area (TPSA) is 49.4 Å². The van der Waals surface area contributed by atoms with Crippen LogP contribution < -0.4 is 5.32 Å². The van der Waals surface area contributed by atoms with Gasteiger partial charge in [0.25, 0.3) is 0 Å². The van der Waals surface area contributed by atoms with Gasteiger partial charge in [0.2, 0.25) is 10.0 Å². The minimum atomic E-state index is -3.76. The molecule has 7 heteroatoms. The fourth-order valence-corrected chi connectivity index (χ4v) is 3.60. The van der Waals surface area contributed by atoms with E-state index in [1.54, 1.807) is 6.92 Å². The molecule has 1 N–H and O–H groups in total. The summed E-state index contributed by atoms with van der Waals surface area (Å²) in [7, 11) is -3.76. The molecule has 1 saturated heterocycles. The van der Waals surface area contributed by atoms with Gasteiger partial charge < -0.3 is 5.32 Å². The van der Waals surface area contributed by atoms with Crippen molar-refractivity contribution in [1.29, 1.82) is 0 Å². The summed E-state index contributed by atoms with van der Waals surface area (Å²) in [6.07, 6.45) is 0. The first-order valence-corrected chi connectivity index (χ1v) is 7.04. The highest BCUT2D eigenvalue weighted by atomic mass is 32.2. The second-order valence-corrected chi connectivity index (χ2v) is 6.14. The Hall–Kier alpha value is -1.05. The zero-order valence-electron chi connectivity index (χ0n) is 9.86. The second kappa shape index (κ2) is 4.91. The van der Waals surface area contributed by atoms with E-state index in [-0.39, 0.29) is 10.9 Å². The molecular formula is C11H14F2N2O2S. The van der Waals surface area contributed by atoms with E-state index in [9.17, 15) is 17.2 Å². The van der Waals surface area contributed by atoms with Crippen molar-refractivity contribution in [1.82, 2.24) is 9.62 Å². The van der Waals surface area contributed by atoms with Crippen molar-refractivity contribution in [3.8, 4) is 0 Å². The highest BCUT2D eigenvalue weighted by Gasteiger charge is 2.31. The number of benzene rings is 1. The fourth-order valence-electron chi connectivity index (χ4n) is 1.95. The lowest BCUT2D eigenvalue weighted by atomic mass is 10.3. The summed E-state index contributed by atoms with van der Waals surface area (Å²) in [6.45, 7) is 3.18. The van der Waals surface area contributed by atoms with Gasteiger partial charge in [-0.1, -0.05) is 0 Å². The number of hydrogen-bond acceptors (Lipinski definition) is 3. The zero-order valence-corrected chi connectivity index (χ0v) is 10.7. The van der Waals surface area contributed by atoms with Crippen LogP contribution >= 0.6 is 0 Å². The van der Waals surface area contributed by atoms with Gasteiger partial charge in [-0.3, -0.25) is 0 Å². The van der Waals surface area contributed by atoms with Gasteiger partial charge in [0.1, 0.15) is 0 Å². The molecule has 1 atom stereocenters. The Kier molecular flexibility index (Phi) is 3.65. The van der Waals surface area contributed by atoms with E-state index in [1.807, 2.05) is 0 Å². The maximum Gasteiger partial charge on any atom is 0.243 e. The molecule has 1 aliphatic heterocycles. The lowest BCUT2D eigenvalue weighted by Gasteiger charge is -2.32. The molecule has 0 spiro atoms. The van der Waals surface area contributed by atoms with Gasteiger partial charge in [-0.15, -0.1) is 0 Å². The second-order valence-electron chi connectivity index (χ2n) is 4.24. The van der Waals surface area contributed by atoms with E-state index < -0.39 is 21.7 Å². The Bertz CT molecular complexity index is 548. The van der Waals surface area contributed by atoms with Crippen molar-refractivity contribution in [3.63, 3.8) is 0 Å². The molecule has 0 bridgehead atoms. The number of halogens is 2. The Balaban J connectivity index is 2.37. The minimum Gasteiger partial charge on any atom is -0.314 e. The van der Waals surface area contributed by atoms with E-state index in [4.69, 9.17) is 0 Å². The number of sulfonamides is 1. The molecule has 1 aliphatic rings. The molecule has 0 aromatic heterocycles. The van der Waals surface area contributed by atoms with Gasteiger partial charge in [-0.2, -0.15) is 4.31 Å². The third-order valence-corrected chi connectivity index (χ3v) is 4.95. The maximum absolute atomic E-state index is 13.1. The molecule has 1 heterocycles. The molecule has 4 nitrogen and oxygen atoms in total. The number of rotatable bonds is 2. The highest BCUT2D eigenvalue weighted by molar-refractivity contribution is 7.89. The van der Waals surface area contributed by atoms with E-state index in [0.29, 0.717) is 19.6 Å². The lowest BCUT2D eigenvalue weighted by molar-refractivity contribution is 0.283. The van der Waals surface area contributed by atoms with Crippen LogP contribution in [0.25, 0.3) is 0 Å². The third kappa shape index (κ3) is 2.38. The molecule has 0 radical (unpaired) electrons. The lowest BCUT2D eigenvalue weighted by Crippen LogP contribution is -2.52. The molecular weight excluding hydrogens is 262 g/mol. The Labute approximate surface area is 105 Å². The van der Waals surface area contributed by atoms with Gasteiger partial charge in [0.15, 0.2) is 11.6 Å². The van der Waals surface area contributed by atoms with Crippen molar-refractivity contribution in [3.05, 3.63) is 29.8 Å². The molecule has 2 rings (SSSR count). The summed E-state index contributed by atoms with van der Waals surface area (Å²) in [5.74, 6) is -2.21. The van der Waals surface area contributed by atoms with Crippen molar-refractivity contribution in [2.24, 2.45) is 0 Å². The Morgan fingerprint density at radius 2 is 2.06 bits per heavy atom. The van der Waals surface area contributed by atoms with Gasteiger partial charge in [0, 0.05) is 25.7 Å². The van der Waals surface area contributed by atoms with E-state index in [0.717, 1.165) is 18.2 Å². The van der Waals surface area contributed by atoms with E-state index in [1.165, 1.54) is 4.31 Å². The van der Waals surface area contributed by atoms with Crippen LogP contribution in [0.4, 0.5) is 8.78 Å². The molecule has 18 heavy (non-hydrogen) atoms. The first-order valence-electron chi connectivity index (χ1n) is 5.60. The molecule has 100 valence electrons. The predicted molar refractivity (Wildman–Crippen MR) is 62.6 cm³/mol. The summed E-state index contributed by atoms with van der Waals surface area (Å²) in [6, 6.07) is 2.42. The Morgan fingerprint density at radius 3 is 2.67 bits per heavy atom. The van der Waals surface area contributed by atoms with Crippen LogP contribution in [0.2, 0.25) is 0 Å². The normalized spacial score (nSPS) is 22.1. The van der Waals surface area contributed by atoms with Crippen LogP contribution in [-0.2, 0) is 10.0 Å². The summed E-state index contributed by atoms with van der Waals surface area (Å²) in [5, 5.41) is 3.07. The molecule has 1 unspecified atom stereocenters. The average molecular weight is 276 g/mol. The average Bonchev–Trinajstić information content (AvgIpc) is 2.33. The minimum absolute atomic E-state index is 0.211. The van der Waals surface area contributed by atoms with Gasteiger partial charge in [-0.25, -0.2) is 17.2 Å². The zero-order chi connectivity index (χ0) is 13.3. The maximum atomic E-state index is 13.1. The monoisotopic (exact) mass is 276 g/mol. The first-order chi connectivity index (χ1) is 8.43. The summed E-state index contributed by atoms with van der Waals surface area (Å²) >= 11 is 0. The van der Waals surface area contributed by atoms with Crippen LogP contribution in [0.5, 0.6) is 0 Å². The highest BCUT2D eigenvalue weighted by Crippen LogP contribution is 2.21. The summed E-state index contributed by atoms with van der Waals surface area (Å²) < 4.78 is 51.8. The smallest absolute Gasteiger partial charge is 0.243 e. The largest absolute Gasteiger partial charge is 0.314 e. The summed E-state index contributed by atoms with van der Waals surface area (Å²) in [5.41, 5.74) is 0. The van der Waals surface area contributed by atoms with E-state index >= 15 is 0 Å². The van der Waals surface area contributed by atoms with Crippen LogP contribution in [-0.4, -0.2) is 38.4 Å². The fraction of sp³-hybridized carbons (Fsp3) is 0.455. The Morgan fingerprint density at radius 1 is 1.33 bits per heavy atom. The van der Waals surface area contributed by atoms with Crippen molar-refractivity contribution >= 4 is 10.0 Å². The number of nitrogens with one attached hydrogen (secondary N) is 1. The van der Waals surface area contributed by atoms with Gasteiger partial charge in [-0.05, 0) is 25.1 Å². The van der Waals surface area contributed by atoms with Crippen LogP contribution in [0, 0.1) is 11.6 Å². The van der Waals surface area contributed by atoms with Crippen LogP contribution in [0.1, 0.15) is 6.92 Å². The number of piperazine rings is 1. The molecule has 1 fully saturated rings. The molecule has 0 amide bonds. The molecule has 1 aromatic rings. The SMILES string of the molecule is CC1CNCCN1S(=O)(=O)c1ccc(F)c(F)c1. The van der Waals surface area contributed by atoms with Crippen molar-refractivity contribution < 1.29 is 17.2 Å². The molecule has 0 saturated carbocycles. The van der Waals surface area contributed by atoms with E-state index in [2.05, 4.69) is 5.32 Å². The number of nitrogens with zero attached hydrogens (tertiary/aromatic N) is 1. The molecule has 0 aliphatic carbocycles. The summed E-state index contributed by atoms with van der Waals surface area (Å²) in [4.78, 5) is -0.213. The van der Waals surface area contributed by atoms with Crippen LogP contribution in [0.3, 0.4) is 0 Å². The van der Waals surface area contributed by atoms with Gasteiger partial charge in [0.05, 0.1) is 4.90 Å². The first kappa shape index (κ1) is 13.4. The van der Waals surface area contributed by atoms with Crippen LogP contribution in [0.15, 0.2) is 23.1 Å². The standard InChI is InChI=1S/C11H14F2N2O2S/c1-8-7-14-4-5-15(8)18(16,17)9-2-3-10(12)11(13)6-9/h2-3,6,8,14H,4-5,7H2,1H3. The third-order valence-electron chi connectivity index (χ3n) is 2.94. The number of hydrogen-bond donors (Lipinski definition) is 1. The van der Waals surface area contributed by atoms with Crippen molar-refractivity contribution in [2.75, 3.05) is 19.6 Å².